The van der Waals surface area contributed by atoms with Gasteiger partial charge in [-0.15, -0.1) is 0 Å². The van der Waals surface area contributed by atoms with Gasteiger partial charge in [-0.3, -0.25) is 4.79 Å². The number of anilines is 1. The minimum Gasteiger partial charge on any atom is -0.325 e. The van der Waals surface area contributed by atoms with Gasteiger partial charge in [-0.1, -0.05) is 63.2 Å². The maximum atomic E-state index is 12.3. The minimum absolute atomic E-state index is 0.0297. The third-order valence-electron chi connectivity index (χ3n) is 4.07. The molecule has 0 heterocycles. The molecular weight excluding hydrogens is 360 g/mol. The van der Waals surface area contributed by atoms with E-state index in [1.807, 2.05) is 42.5 Å². The second-order valence-electron chi connectivity index (χ2n) is 7.39. The first-order valence-electron chi connectivity index (χ1n) is 8.68. The number of carbonyl (C=O) groups is 1. The monoisotopic (exact) mass is 386 g/mol. The highest BCUT2D eigenvalue weighted by Crippen LogP contribution is 2.23. The maximum Gasteiger partial charge on any atom is 0.239 e. The SMILES string of the molecule is CN(CC(=O)Nc1ccc(C(C)(C)C)cc1)S(=O)(=O)/C=C/c1ccccc1. The largest absolute Gasteiger partial charge is 0.325 e. The van der Waals surface area contributed by atoms with Gasteiger partial charge in [0.05, 0.1) is 6.54 Å². The second-order valence-corrected chi connectivity index (χ2v) is 9.32. The van der Waals surface area contributed by atoms with E-state index in [1.165, 1.54) is 13.1 Å². The predicted molar refractivity (Wildman–Crippen MR) is 111 cm³/mol. The molecule has 2 rings (SSSR count). The summed E-state index contributed by atoms with van der Waals surface area (Å²) in [5.74, 6) is -0.391. The zero-order valence-electron chi connectivity index (χ0n) is 16.1. The van der Waals surface area contributed by atoms with Crippen LogP contribution in [0.4, 0.5) is 5.69 Å². The fourth-order valence-corrected chi connectivity index (χ4v) is 3.21. The topological polar surface area (TPSA) is 66.5 Å². The van der Waals surface area contributed by atoms with Crippen molar-refractivity contribution in [3.63, 3.8) is 0 Å². The molecule has 0 atom stereocenters. The lowest BCUT2D eigenvalue weighted by atomic mass is 9.87. The molecule has 0 unspecified atom stereocenters. The second kappa shape index (κ2) is 8.50. The summed E-state index contributed by atoms with van der Waals surface area (Å²) in [4.78, 5) is 12.2. The van der Waals surface area contributed by atoms with Gasteiger partial charge in [0.25, 0.3) is 0 Å². The fourth-order valence-electron chi connectivity index (χ4n) is 2.38. The number of carbonyl (C=O) groups excluding carboxylic acids is 1. The van der Waals surface area contributed by atoms with E-state index in [0.29, 0.717) is 5.69 Å². The highest BCUT2D eigenvalue weighted by Gasteiger charge is 2.18. The molecule has 2 aromatic rings. The van der Waals surface area contributed by atoms with E-state index in [0.717, 1.165) is 20.8 Å². The molecule has 0 aromatic heterocycles. The molecule has 0 aliphatic rings. The predicted octanol–water partition coefficient (Wildman–Crippen LogP) is 3.86. The fraction of sp³-hybridized carbons (Fsp3) is 0.286. The summed E-state index contributed by atoms with van der Waals surface area (Å²) < 4.78 is 25.6. The zero-order chi connectivity index (χ0) is 20.1. The van der Waals surface area contributed by atoms with Crippen LogP contribution in [0.5, 0.6) is 0 Å². The molecule has 0 bridgehead atoms. The van der Waals surface area contributed by atoms with Crippen molar-refractivity contribution in [1.29, 1.82) is 0 Å². The summed E-state index contributed by atoms with van der Waals surface area (Å²) in [6.07, 6.45) is 1.51. The Morgan fingerprint density at radius 3 is 2.19 bits per heavy atom. The average molecular weight is 387 g/mol. The van der Waals surface area contributed by atoms with Crippen molar-refractivity contribution >= 4 is 27.7 Å². The Morgan fingerprint density at radius 2 is 1.63 bits per heavy atom. The van der Waals surface area contributed by atoms with Crippen LogP contribution in [0.15, 0.2) is 60.0 Å². The van der Waals surface area contributed by atoms with Gasteiger partial charge < -0.3 is 5.32 Å². The van der Waals surface area contributed by atoms with E-state index in [-0.39, 0.29) is 12.0 Å². The lowest BCUT2D eigenvalue weighted by molar-refractivity contribution is -0.116. The van der Waals surface area contributed by atoms with Gasteiger partial charge in [0.1, 0.15) is 0 Å². The van der Waals surface area contributed by atoms with Crippen LogP contribution in [0.25, 0.3) is 6.08 Å². The first-order chi connectivity index (χ1) is 12.6. The zero-order valence-corrected chi connectivity index (χ0v) is 17.0. The summed E-state index contributed by atoms with van der Waals surface area (Å²) in [5.41, 5.74) is 2.60. The standard InChI is InChI=1S/C21H26N2O3S/c1-21(2,3)18-10-12-19(13-11-18)22-20(24)16-23(4)27(25,26)15-14-17-8-6-5-7-9-17/h5-15H,16H2,1-4H3,(H,22,24)/b15-14+. The lowest BCUT2D eigenvalue weighted by Gasteiger charge is -2.19. The minimum atomic E-state index is -3.68. The van der Waals surface area contributed by atoms with Gasteiger partial charge in [-0.05, 0) is 34.8 Å². The summed E-state index contributed by atoms with van der Waals surface area (Å²) in [6.45, 7) is 6.08. The molecule has 0 saturated heterocycles. The van der Waals surface area contributed by atoms with E-state index in [2.05, 4.69) is 26.1 Å². The molecule has 0 spiro atoms. The van der Waals surface area contributed by atoms with Crippen molar-refractivity contribution in [1.82, 2.24) is 4.31 Å². The van der Waals surface area contributed by atoms with Gasteiger partial charge >= 0.3 is 0 Å². The average Bonchev–Trinajstić information content (AvgIpc) is 2.60. The van der Waals surface area contributed by atoms with Crippen LogP contribution in [-0.4, -0.2) is 32.2 Å². The van der Waals surface area contributed by atoms with Crippen LogP contribution in [0.3, 0.4) is 0 Å². The molecule has 1 amide bonds. The molecule has 0 aliphatic carbocycles. The van der Waals surface area contributed by atoms with Crippen LogP contribution in [-0.2, 0) is 20.2 Å². The Morgan fingerprint density at radius 1 is 1.04 bits per heavy atom. The lowest BCUT2D eigenvalue weighted by Crippen LogP contribution is -2.33. The van der Waals surface area contributed by atoms with E-state index in [4.69, 9.17) is 0 Å². The molecule has 2 aromatic carbocycles. The van der Waals surface area contributed by atoms with E-state index in [9.17, 15) is 13.2 Å². The normalized spacial score (nSPS) is 12.5. The summed E-state index contributed by atoms with van der Waals surface area (Å²) >= 11 is 0. The number of rotatable bonds is 6. The van der Waals surface area contributed by atoms with E-state index in [1.54, 1.807) is 12.1 Å². The molecule has 27 heavy (non-hydrogen) atoms. The number of benzene rings is 2. The summed E-state index contributed by atoms with van der Waals surface area (Å²) in [5, 5.41) is 3.83. The van der Waals surface area contributed by atoms with Crippen LogP contribution >= 0.6 is 0 Å². The number of nitrogens with one attached hydrogen (secondary N) is 1. The summed E-state index contributed by atoms with van der Waals surface area (Å²) in [7, 11) is -2.30. The van der Waals surface area contributed by atoms with Crippen LogP contribution in [0.2, 0.25) is 0 Å². The third kappa shape index (κ3) is 6.34. The molecule has 6 heteroatoms. The van der Waals surface area contributed by atoms with Crippen molar-refractivity contribution in [2.45, 2.75) is 26.2 Å². The first kappa shape index (κ1) is 20.9. The molecule has 0 aliphatic heterocycles. The highest BCUT2D eigenvalue weighted by molar-refractivity contribution is 7.92. The van der Waals surface area contributed by atoms with Crippen molar-refractivity contribution in [2.75, 3.05) is 18.9 Å². The van der Waals surface area contributed by atoms with Crippen LogP contribution in [0.1, 0.15) is 31.9 Å². The van der Waals surface area contributed by atoms with E-state index < -0.39 is 15.9 Å². The molecule has 144 valence electrons. The Labute approximate surface area is 161 Å². The van der Waals surface area contributed by atoms with Crippen molar-refractivity contribution < 1.29 is 13.2 Å². The Bertz CT molecular complexity index is 897. The van der Waals surface area contributed by atoms with Gasteiger partial charge in [0, 0.05) is 18.1 Å². The van der Waals surface area contributed by atoms with Crippen LogP contribution in [0, 0.1) is 0 Å². The maximum absolute atomic E-state index is 12.3. The molecule has 1 N–H and O–H groups in total. The van der Waals surface area contributed by atoms with Crippen LogP contribution < -0.4 is 5.32 Å². The van der Waals surface area contributed by atoms with Gasteiger partial charge in [-0.2, -0.15) is 4.31 Å². The molecular formula is C21H26N2O3S. The molecule has 0 fully saturated rings. The van der Waals surface area contributed by atoms with Gasteiger partial charge in [0.2, 0.25) is 15.9 Å². The quantitative estimate of drug-likeness (QED) is 0.820. The van der Waals surface area contributed by atoms with Gasteiger partial charge in [0.15, 0.2) is 0 Å². The van der Waals surface area contributed by atoms with Crippen molar-refractivity contribution in [3.05, 3.63) is 71.1 Å². The molecule has 0 saturated carbocycles. The first-order valence-corrected chi connectivity index (χ1v) is 10.2. The number of hydrogen-bond donors (Lipinski definition) is 1. The number of nitrogens with zero attached hydrogens (tertiary/aromatic N) is 1. The number of likely N-dealkylation sites (N-methyl/N-ethyl adjacent to an activating group) is 1. The molecule has 0 radical (unpaired) electrons. The van der Waals surface area contributed by atoms with Crippen molar-refractivity contribution in [2.24, 2.45) is 0 Å². The highest BCUT2D eigenvalue weighted by atomic mass is 32.2. The van der Waals surface area contributed by atoms with Crippen molar-refractivity contribution in [3.8, 4) is 0 Å². The Balaban J connectivity index is 1.97. The third-order valence-corrected chi connectivity index (χ3v) is 5.55. The Kier molecular flexibility index (Phi) is 6.57. The van der Waals surface area contributed by atoms with Gasteiger partial charge in [-0.25, -0.2) is 8.42 Å². The molecule has 5 nitrogen and oxygen atoms in total. The van der Waals surface area contributed by atoms with E-state index >= 15 is 0 Å². The number of sulfonamides is 1. The number of amides is 1. The smallest absolute Gasteiger partial charge is 0.239 e. The Hall–Kier alpha value is -2.44. The summed E-state index contributed by atoms with van der Waals surface area (Å²) in [6, 6.07) is 16.7. The number of hydrogen-bond acceptors (Lipinski definition) is 3.